The topological polar surface area (TPSA) is 50.9 Å². The van der Waals surface area contributed by atoms with E-state index in [-0.39, 0.29) is 0 Å². The zero-order valence-electron chi connectivity index (χ0n) is 9.76. The zero-order chi connectivity index (χ0) is 12.4. The summed E-state index contributed by atoms with van der Waals surface area (Å²) in [6.45, 7) is 1.99. The fourth-order valence-corrected chi connectivity index (χ4v) is 2.14. The molecule has 0 aliphatic carbocycles. The molecule has 0 aliphatic rings. The molecule has 0 amide bonds. The van der Waals surface area contributed by atoms with E-state index in [4.69, 9.17) is 0 Å². The first-order valence-corrected chi connectivity index (χ1v) is 6.14. The molecule has 2 rings (SSSR count). The Morgan fingerprint density at radius 1 is 1.47 bits per heavy atom. The van der Waals surface area contributed by atoms with Gasteiger partial charge in [0.2, 0.25) is 0 Å². The molecule has 5 heteroatoms. The van der Waals surface area contributed by atoms with Crippen LogP contribution in [0.15, 0.2) is 29.0 Å². The number of rotatable bonds is 3. The molecule has 4 nitrogen and oxygen atoms in total. The normalized spacial score (nSPS) is 12.7. The van der Waals surface area contributed by atoms with E-state index in [1.54, 1.807) is 4.68 Å². The Morgan fingerprint density at radius 2 is 2.24 bits per heavy atom. The Hall–Kier alpha value is -1.20. The van der Waals surface area contributed by atoms with Crippen LogP contribution < -0.4 is 0 Å². The highest BCUT2D eigenvalue weighted by Gasteiger charge is 2.14. The molecule has 0 saturated carbocycles. The number of nitrogens with zero attached hydrogens (tertiary/aromatic N) is 3. The summed E-state index contributed by atoms with van der Waals surface area (Å²) in [6.07, 6.45) is 1.40. The number of halogens is 1. The Balaban J connectivity index is 2.23. The van der Waals surface area contributed by atoms with Crippen molar-refractivity contribution in [2.75, 3.05) is 0 Å². The van der Waals surface area contributed by atoms with Crippen LogP contribution in [-0.2, 0) is 13.5 Å². The minimum Gasteiger partial charge on any atom is -0.388 e. The van der Waals surface area contributed by atoms with E-state index in [9.17, 15) is 5.11 Å². The summed E-state index contributed by atoms with van der Waals surface area (Å²) in [4.78, 5) is 4.11. The fraction of sp³-hybridized carbons (Fsp3) is 0.333. The van der Waals surface area contributed by atoms with Crippen LogP contribution in [0.2, 0.25) is 0 Å². The number of benzene rings is 1. The standard InChI is InChI=1S/C12H14BrN3O/c1-8-3-4-9(13)5-10(8)11(17)6-12-14-7-15-16(12)2/h3-5,7,11,17H,6H2,1-2H3. The summed E-state index contributed by atoms with van der Waals surface area (Å²) >= 11 is 3.41. The highest BCUT2D eigenvalue weighted by Crippen LogP contribution is 2.24. The smallest absolute Gasteiger partial charge is 0.138 e. The van der Waals surface area contributed by atoms with Gasteiger partial charge in [-0.1, -0.05) is 22.0 Å². The van der Waals surface area contributed by atoms with Crippen LogP contribution in [0.1, 0.15) is 23.1 Å². The summed E-state index contributed by atoms with van der Waals surface area (Å²) in [6, 6.07) is 5.89. The quantitative estimate of drug-likeness (QED) is 0.944. The molecule has 1 aromatic heterocycles. The van der Waals surface area contributed by atoms with Crippen molar-refractivity contribution in [1.82, 2.24) is 14.8 Å². The van der Waals surface area contributed by atoms with Crippen molar-refractivity contribution in [3.63, 3.8) is 0 Å². The van der Waals surface area contributed by atoms with Crippen molar-refractivity contribution in [3.05, 3.63) is 46.0 Å². The second-order valence-corrected chi connectivity index (χ2v) is 4.94. The average Bonchev–Trinajstić information content (AvgIpc) is 2.68. The number of aryl methyl sites for hydroxylation is 2. The van der Waals surface area contributed by atoms with Gasteiger partial charge in [0.05, 0.1) is 6.10 Å². The van der Waals surface area contributed by atoms with Gasteiger partial charge < -0.3 is 5.11 Å². The van der Waals surface area contributed by atoms with E-state index in [2.05, 4.69) is 26.0 Å². The van der Waals surface area contributed by atoms with E-state index in [0.717, 1.165) is 21.4 Å². The molecule has 1 heterocycles. The van der Waals surface area contributed by atoms with Crippen molar-refractivity contribution in [2.24, 2.45) is 7.05 Å². The van der Waals surface area contributed by atoms with Gasteiger partial charge in [-0.2, -0.15) is 5.10 Å². The van der Waals surface area contributed by atoms with Gasteiger partial charge in [0, 0.05) is 17.9 Å². The van der Waals surface area contributed by atoms with Gasteiger partial charge in [0.1, 0.15) is 12.2 Å². The van der Waals surface area contributed by atoms with Crippen molar-refractivity contribution in [3.8, 4) is 0 Å². The molecule has 1 aromatic carbocycles. The van der Waals surface area contributed by atoms with Gasteiger partial charge in [0.15, 0.2) is 0 Å². The summed E-state index contributed by atoms with van der Waals surface area (Å²) in [5.41, 5.74) is 1.99. The second kappa shape index (κ2) is 4.98. The lowest BCUT2D eigenvalue weighted by Gasteiger charge is -2.13. The second-order valence-electron chi connectivity index (χ2n) is 4.02. The van der Waals surface area contributed by atoms with Gasteiger partial charge in [-0.05, 0) is 30.2 Å². The lowest BCUT2D eigenvalue weighted by Crippen LogP contribution is -2.08. The SMILES string of the molecule is Cc1ccc(Br)cc1C(O)Cc1ncnn1C. The zero-order valence-corrected chi connectivity index (χ0v) is 11.3. The third-order valence-corrected chi connectivity index (χ3v) is 3.27. The minimum absolute atomic E-state index is 0.466. The van der Waals surface area contributed by atoms with Crippen LogP contribution in [0, 0.1) is 6.92 Å². The first kappa shape index (κ1) is 12.3. The van der Waals surface area contributed by atoms with Gasteiger partial charge in [0.25, 0.3) is 0 Å². The molecule has 90 valence electrons. The number of aromatic nitrogens is 3. The molecular weight excluding hydrogens is 282 g/mol. The first-order valence-electron chi connectivity index (χ1n) is 5.35. The Labute approximate surface area is 108 Å². The van der Waals surface area contributed by atoms with Gasteiger partial charge in [-0.15, -0.1) is 0 Å². The molecule has 1 N–H and O–H groups in total. The van der Waals surface area contributed by atoms with Crippen molar-refractivity contribution in [2.45, 2.75) is 19.4 Å². The highest BCUT2D eigenvalue weighted by molar-refractivity contribution is 9.10. The van der Waals surface area contributed by atoms with Crippen molar-refractivity contribution >= 4 is 15.9 Å². The third-order valence-electron chi connectivity index (χ3n) is 2.78. The maximum atomic E-state index is 10.2. The third kappa shape index (κ3) is 2.73. The number of aliphatic hydroxyl groups excluding tert-OH is 1. The number of aliphatic hydroxyl groups is 1. The number of hydrogen-bond donors (Lipinski definition) is 1. The van der Waals surface area contributed by atoms with E-state index in [1.807, 2.05) is 32.2 Å². The van der Waals surface area contributed by atoms with E-state index >= 15 is 0 Å². The maximum absolute atomic E-state index is 10.2. The van der Waals surface area contributed by atoms with Crippen molar-refractivity contribution < 1.29 is 5.11 Å². The van der Waals surface area contributed by atoms with Crippen LogP contribution in [0.25, 0.3) is 0 Å². The van der Waals surface area contributed by atoms with Gasteiger partial charge in [-0.25, -0.2) is 4.98 Å². The van der Waals surface area contributed by atoms with Crippen LogP contribution >= 0.6 is 15.9 Å². The average molecular weight is 296 g/mol. The van der Waals surface area contributed by atoms with Crippen molar-refractivity contribution in [1.29, 1.82) is 0 Å². The number of hydrogen-bond acceptors (Lipinski definition) is 3. The minimum atomic E-state index is -0.560. The van der Waals surface area contributed by atoms with Gasteiger partial charge >= 0.3 is 0 Å². The molecule has 0 aliphatic heterocycles. The summed E-state index contributed by atoms with van der Waals surface area (Å²) in [5, 5.41) is 14.2. The summed E-state index contributed by atoms with van der Waals surface area (Å²) in [5.74, 6) is 0.775. The molecule has 0 saturated heterocycles. The summed E-state index contributed by atoms with van der Waals surface area (Å²) < 4.78 is 2.64. The molecule has 1 unspecified atom stereocenters. The van der Waals surface area contributed by atoms with Crippen LogP contribution in [0.5, 0.6) is 0 Å². The molecule has 17 heavy (non-hydrogen) atoms. The largest absolute Gasteiger partial charge is 0.388 e. The maximum Gasteiger partial charge on any atom is 0.138 e. The molecule has 2 aromatic rings. The predicted octanol–water partition coefficient (Wildman–Crippen LogP) is 2.16. The predicted molar refractivity (Wildman–Crippen MR) is 68.5 cm³/mol. The molecule has 0 spiro atoms. The van der Waals surface area contributed by atoms with Crippen LogP contribution in [0.3, 0.4) is 0 Å². The monoisotopic (exact) mass is 295 g/mol. The molecule has 0 bridgehead atoms. The Morgan fingerprint density at radius 3 is 2.88 bits per heavy atom. The highest BCUT2D eigenvalue weighted by atomic mass is 79.9. The molecule has 0 radical (unpaired) electrons. The Bertz CT molecular complexity index is 524. The first-order chi connectivity index (χ1) is 8.08. The van der Waals surface area contributed by atoms with Gasteiger partial charge in [-0.3, -0.25) is 4.68 Å². The van der Waals surface area contributed by atoms with E-state index in [1.165, 1.54) is 6.33 Å². The van der Waals surface area contributed by atoms with E-state index in [0.29, 0.717) is 6.42 Å². The summed E-state index contributed by atoms with van der Waals surface area (Å²) in [7, 11) is 1.82. The van der Waals surface area contributed by atoms with Crippen LogP contribution in [-0.4, -0.2) is 19.9 Å². The van der Waals surface area contributed by atoms with Crippen LogP contribution in [0.4, 0.5) is 0 Å². The molecular formula is C12H14BrN3O. The fourth-order valence-electron chi connectivity index (χ4n) is 1.76. The Kier molecular flexibility index (Phi) is 3.59. The lowest BCUT2D eigenvalue weighted by molar-refractivity contribution is 0.173. The molecule has 1 atom stereocenters. The lowest BCUT2D eigenvalue weighted by atomic mass is 10.0. The molecule has 0 fully saturated rings. The van der Waals surface area contributed by atoms with E-state index < -0.39 is 6.10 Å².